The van der Waals surface area contributed by atoms with Crippen molar-refractivity contribution in [2.24, 2.45) is 5.73 Å². The summed E-state index contributed by atoms with van der Waals surface area (Å²) in [6.07, 6.45) is 1.69. The molecule has 0 fully saturated rings. The summed E-state index contributed by atoms with van der Waals surface area (Å²) >= 11 is 5.64. The lowest BCUT2D eigenvalue weighted by atomic mass is 10.0. The van der Waals surface area contributed by atoms with E-state index in [2.05, 4.69) is 5.10 Å². The van der Waals surface area contributed by atoms with E-state index < -0.39 is 11.9 Å². The van der Waals surface area contributed by atoms with Crippen LogP contribution in [-0.4, -0.2) is 9.78 Å². The van der Waals surface area contributed by atoms with E-state index in [0.717, 1.165) is 12.2 Å². The van der Waals surface area contributed by atoms with Crippen molar-refractivity contribution < 1.29 is 4.39 Å². The Balaban J connectivity index is 2.36. The molecule has 17 heavy (non-hydrogen) atoms. The molecule has 1 unspecified atom stereocenters. The summed E-state index contributed by atoms with van der Waals surface area (Å²) in [6, 6.07) is 6.03. The predicted octanol–water partition coefficient (Wildman–Crippen LogP) is 2.74. The van der Waals surface area contributed by atoms with Crippen LogP contribution in [0.3, 0.4) is 0 Å². The Bertz CT molecular complexity index is 524. The van der Waals surface area contributed by atoms with Crippen molar-refractivity contribution in [3.05, 3.63) is 52.6 Å². The Kier molecular flexibility index (Phi) is 3.45. The van der Waals surface area contributed by atoms with Crippen molar-refractivity contribution in [2.75, 3.05) is 0 Å². The third-order valence-electron chi connectivity index (χ3n) is 2.67. The van der Waals surface area contributed by atoms with Gasteiger partial charge in [0.15, 0.2) is 0 Å². The third kappa shape index (κ3) is 2.33. The van der Waals surface area contributed by atoms with Gasteiger partial charge in [-0.1, -0.05) is 17.7 Å². The Morgan fingerprint density at radius 1 is 1.47 bits per heavy atom. The van der Waals surface area contributed by atoms with Gasteiger partial charge >= 0.3 is 0 Å². The molecule has 0 amide bonds. The highest BCUT2D eigenvalue weighted by Crippen LogP contribution is 2.23. The number of aromatic nitrogens is 2. The minimum Gasteiger partial charge on any atom is -0.319 e. The summed E-state index contributed by atoms with van der Waals surface area (Å²) in [5.41, 5.74) is 7.62. The van der Waals surface area contributed by atoms with Crippen LogP contribution in [0.2, 0.25) is 5.02 Å². The van der Waals surface area contributed by atoms with Crippen molar-refractivity contribution in [3.8, 4) is 0 Å². The fourth-order valence-corrected chi connectivity index (χ4v) is 1.87. The van der Waals surface area contributed by atoms with Gasteiger partial charge in [0.1, 0.15) is 5.82 Å². The number of rotatable bonds is 3. The highest BCUT2D eigenvalue weighted by atomic mass is 35.5. The van der Waals surface area contributed by atoms with Gasteiger partial charge in [0.25, 0.3) is 0 Å². The Labute approximate surface area is 104 Å². The standard InChI is InChI=1S/C12H13ClFN3/c1-2-17-11(5-6-16-17)12(15)8-3-4-9(13)10(14)7-8/h3-7,12H,2,15H2,1H3. The monoisotopic (exact) mass is 253 g/mol. The number of benzene rings is 1. The normalized spacial score (nSPS) is 12.7. The lowest BCUT2D eigenvalue weighted by molar-refractivity contribution is 0.594. The summed E-state index contributed by atoms with van der Waals surface area (Å²) in [6.45, 7) is 2.71. The van der Waals surface area contributed by atoms with Crippen molar-refractivity contribution in [3.63, 3.8) is 0 Å². The zero-order valence-corrected chi connectivity index (χ0v) is 10.2. The molecular weight excluding hydrogens is 241 g/mol. The first kappa shape index (κ1) is 12.1. The number of nitrogens with zero attached hydrogens (tertiary/aromatic N) is 2. The first-order valence-electron chi connectivity index (χ1n) is 5.35. The van der Waals surface area contributed by atoms with Gasteiger partial charge in [0, 0.05) is 12.7 Å². The van der Waals surface area contributed by atoms with Crippen LogP contribution < -0.4 is 5.73 Å². The quantitative estimate of drug-likeness (QED) is 0.914. The highest BCUT2D eigenvalue weighted by Gasteiger charge is 2.14. The van der Waals surface area contributed by atoms with E-state index in [0.29, 0.717) is 5.56 Å². The SMILES string of the molecule is CCn1nccc1C(N)c1ccc(Cl)c(F)c1. The molecule has 5 heteroatoms. The highest BCUT2D eigenvalue weighted by molar-refractivity contribution is 6.30. The molecule has 0 spiro atoms. The minimum absolute atomic E-state index is 0.102. The zero-order valence-electron chi connectivity index (χ0n) is 9.40. The number of halogens is 2. The molecule has 0 bridgehead atoms. The van der Waals surface area contributed by atoms with Crippen molar-refractivity contribution in [2.45, 2.75) is 19.5 Å². The van der Waals surface area contributed by atoms with Crippen molar-refractivity contribution >= 4 is 11.6 Å². The van der Waals surface area contributed by atoms with Gasteiger partial charge < -0.3 is 5.73 Å². The molecule has 0 saturated carbocycles. The zero-order chi connectivity index (χ0) is 12.4. The molecule has 1 atom stereocenters. The van der Waals surface area contributed by atoms with Gasteiger partial charge in [-0.3, -0.25) is 4.68 Å². The van der Waals surface area contributed by atoms with Gasteiger partial charge in [0.2, 0.25) is 0 Å². The van der Waals surface area contributed by atoms with Gasteiger partial charge in [-0.05, 0) is 30.7 Å². The molecule has 1 aromatic carbocycles. The van der Waals surface area contributed by atoms with Gasteiger partial charge in [-0.15, -0.1) is 0 Å². The van der Waals surface area contributed by atoms with Crippen molar-refractivity contribution in [1.29, 1.82) is 0 Å². The van der Waals surface area contributed by atoms with Crippen LogP contribution in [0.15, 0.2) is 30.5 Å². The van der Waals surface area contributed by atoms with E-state index in [9.17, 15) is 4.39 Å². The smallest absolute Gasteiger partial charge is 0.142 e. The molecule has 1 heterocycles. The van der Waals surface area contributed by atoms with Crippen LogP contribution in [0.1, 0.15) is 24.2 Å². The van der Waals surface area contributed by atoms with Crippen LogP contribution in [0.5, 0.6) is 0 Å². The second kappa shape index (κ2) is 4.85. The number of aryl methyl sites for hydroxylation is 1. The summed E-state index contributed by atoms with van der Waals surface area (Å²) in [5, 5.41) is 4.24. The minimum atomic E-state index is -0.456. The third-order valence-corrected chi connectivity index (χ3v) is 2.98. The molecule has 90 valence electrons. The Morgan fingerprint density at radius 2 is 2.24 bits per heavy atom. The van der Waals surface area contributed by atoms with E-state index in [4.69, 9.17) is 17.3 Å². The van der Waals surface area contributed by atoms with Gasteiger partial charge in [0.05, 0.1) is 16.8 Å². The number of nitrogens with two attached hydrogens (primary N) is 1. The molecule has 3 nitrogen and oxygen atoms in total. The predicted molar refractivity (Wildman–Crippen MR) is 65.3 cm³/mol. The first-order chi connectivity index (χ1) is 8.13. The maximum Gasteiger partial charge on any atom is 0.142 e. The second-order valence-corrected chi connectivity index (χ2v) is 4.13. The average molecular weight is 254 g/mol. The van der Waals surface area contributed by atoms with E-state index in [1.54, 1.807) is 16.9 Å². The fraction of sp³-hybridized carbons (Fsp3) is 0.250. The van der Waals surface area contributed by atoms with Crippen LogP contribution in [0, 0.1) is 5.82 Å². The largest absolute Gasteiger partial charge is 0.319 e. The van der Waals surface area contributed by atoms with E-state index >= 15 is 0 Å². The lowest BCUT2D eigenvalue weighted by Crippen LogP contribution is -2.17. The van der Waals surface area contributed by atoms with E-state index in [-0.39, 0.29) is 5.02 Å². The average Bonchev–Trinajstić information content (AvgIpc) is 2.80. The maximum absolute atomic E-state index is 13.4. The molecule has 2 rings (SSSR count). The number of hydrogen-bond donors (Lipinski definition) is 1. The first-order valence-corrected chi connectivity index (χ1v) is 5.73. The topological polar surface area (TPSA) is 43.8 Å². The lowest BCUT2D eigenvalue weighted by Gasteiger charge is -2.14. The van der Waals surface area contributed by atoms with Gasteiger partial charge in [-0.25, -0.2) is 4.39 Å². The van der Waals surface area contributed by atoms with Crippen LogP contribution in [0.4, 0.5) is 4.39 Å². The molecule has 0 aliphatic rings. The van der Waals surface area contributed by atoms with E-state index in [1.807, 2.05) is 13.0 Å². The maximum atomic E-state index is 13.4. The molecule has 1 aromatic heterocycles. The van der Waals surface area contributed by atoms with Crippen LogP contribution in [0.25, 0.3) is 0 Å². The van der Waals surface area contributed by atoms with Crippen molar-refractivity contribution in [1.82, 2.24) is 9.78 Å². The fourth-order valence-electron chi connectivity index (χ4n) is 1.75. The summed E-state index contributed by atoms with van der Waals surface area (Å²) in [5.74, 6) is -0.456. The summed E-state index contributed by atoms with van der Waals surface area (Å²) < 4.78 is 15.1. The van der Waals surface area contributed by atoms with Crippen LogP contribution >= 0.6 is 11.6 Å². The Morgan fingerprint density at radius 3 is 2.88 bits per heavy atom. The molecule has 0 saturated heterocycles. The summed E-state index contributed by atoms with van der Waals surface area (Å²) in [7, 11) is 0. The summed E-state index contributed by atoms with van der Waals surface area (Å²) in [4.78, 5) is 0. The molecule has 0 aliphatic carbocycles. The Hall–Kier alpha value is -1.39. The molecular formula is C12H13ClFN3. The molecule has 0 radical (unpaired) electrons. The van der Waals surface area contributed by atoms with E-state index in [1.165, 1.54) is 12.1 Å². The number of hydrogen-bond acceptors (Lipinski definition) is 2. The molecule has 2 aromatic rings. The molecule has 2 N–H and O–H groups in total. The van der Waals surface area contributed by atoms with Gasteiger partial charge in [-0.2, -0.15) is 5.10 Å². The molecule has 0 aliphatic heterocycles. The second-order valence-electron chi connectivity index (χ2n) is 3.72. The van der Waals surface area contributed by atoms with Crippen LogP contribution in [-0.2, 0) is 6.54 Å².